The van der Waals surface area contributed by atoms with Crippen molar-refractivity contribution < 1.29 is 29.0 Å². The van der Waals surface area contributed by atoms with Gasteiger partial charge in [0, 0.05) is 0 Å². The Hall–Kier alpha value is -1.55. The lowest BCUT2D eigenvalue weighted by atomic mass is 10.1. The summed E-state index contributed by atoms with van der Waals surface area (Å²) in [5.74, 6) is -3.08. The number of hydrogen-bond donors (Lipinski definition) is 4. The molecule has 9 heteroatoms. The number of esters is 3. The summed E-state index contributed by atoms with van der Waals surface area (Å²) in [6.07, 6.45) is 0. The molecule has 0 bridgehead atoms. The molecule has 0 saturated carbocycles. The van der Waals surface area contributed by atoms with Crippen LogP contribution in [0.4, 0.5) is 0 Å². The van der Waals surface area contributed by atoms with E-state index in [9.17, 15) is 14.4 Å². The Morgan fingerprint density at radius 3 is 2.00 bits per heavy atom. The van der Waals surface area contributed by atoms with Crippen molar-refractivity contribution in [1.29, 1.82) is 0 Å². The van der Waals surface area contributed by atoms with Crippen molar-refractivity contribution in [3.8, 4) is 0 Å². The smallest absolute Gasteiger partial charge is 0.334 e. The van der Waals surface area contributed by atoms with Crippen LogP contribution in [0.2, 0.25) is 0 Å². The molecule has 7 N–H and O–H groups in total. The number of ether oxygens (including phenoxy) is 2. The first-order valence-corrected chi connectivity index (χ1v) is 6.00. The normalized spacial score (nSPS) is 15.3. The summed E-state index contributed by atoms with van der Waals surface area (Å²) < 4.78 is 9.03. The molecule has 0 aromatic rings. The van der Waals surface area contributed by atoms with Crippen LogP contribution in [0.15, 0.2) is 0 Å². The van der Waals surface area contributed by atoms with Crippen molar-refractivity contribution in [1.82, 2.24) is 0 Å². The third kappa shape index (κ3) is 6.06. The highest BCUT2D eigenvalue weighted by molar-refractivity contribution is 5.91. The summed E-state index contributed by atoms with van der Waals surface area (Å²) in [4.78, 5) is 34.0. The first-order valence-electron chi connectivity index (χ1n) is 6.00. The van der Waals surface area contributed by atoms with Crippen molar-refractivity contribution in [3.63, 3.8) is 0 Å². The van der Waals surface area contributed by atoms with Gasteiger partial charge in [0.1, 0.15) is 24.7 Å². The van der Waals surface area contributed by atoms with Crippen molar-refractivity contribution in [2.45, 2.75) is 32.0 Å². The average Bonchev–Trinajstić information content (AvgIpc) is 2.41. The fraction of sp³-hybridized carbons (Fsp3) is 0.727. The first-order chi connectivity index (χ1) is 9.20. The third-order valence-electron chi connectivity index (χ3n) is 2.40. The Bertz CT molecular complexity index is 360. The lowest BCUT2D eigenvalue weighted by molar-refractivity contribution is -0.163. The van der Waals surface area contributed by atoms with E-state index in [0.717, 1.165) is 0 Å². The van der Waals surface area contributed by atoms with Gasteiger partial charge in [0.05, 0.1) is 6.61 Å². The van der Waals surface area contributed by atoms with E-state index in [1.54, 1.807) is 13.8 Å². The summed E-state index contributed by atoms with van der Waals surface area (Å²) in [7, 11) is 0. The Morgan fingerprint density at radius 2 is 1.55 bits per heavy atom. The number of hydrogen-bond acceptors (Lipinski definition) is 9. The molecule has 0 amide bonds. The second-order valence-electron chi connectivity index (χ2n) is 4.54. The second kappa shape index (κ2) is 8.59. The Labute approximate surface area is 116 Å². The number of aliphatic hydroxyl groups excluding tert-OH is 1. The molecule has 0 aromatic heterocycles. The summed E-state index contributed by atoms with van der Waals surface area (Å²) in [5.41, 5.74) is 16.1. The zero-order chi connectivity index (χ0) is 15.9. The average molecular weight is 291 g/mol. The molecule has 0 fully saturated rings. The molecule has 116 valence electrons. The van der Waals surface area contributed by atoms with Gasteiger partial charge in [-0.05, 0) is 5.92 Å². The van der Waals surface area contributed by atoms with E-state index in [-0.39, 0.29) is 5.92 Å². The van der Waals surface area contributed by atoms with Gasteiger partial charge in [0.25, 0.3) is 0 Å². The van der Waals surface area contributed by atoms with Gasteiger partial charge in [-0.1, -0.05) is 13.8 Å². The highest BCUT2D eigenvalue weighted by Gasteiger charge is 2.26. The fourth-order valence-electron chi connectivity index (χ4n) is 0.937. The van der Waals surface area contributed by atoms with Crippen LogP contribution in [-0.2, 0) is 23.9 Å². The SMILES string of the molecule is CC(C)[C@H](N)C(=O)OC(=O)[C@@H](N)COC(=O)[C@@H](N)CO. The largest absolute Gasteiger partial charge is 0.462 e. The predicted octanol–water partition coefficient (Wildman–Crippen LogP) is -2.77. The van der Waals surface area contributed by atoms with Gasteiger partial charge in [0.2, 0.25) is 0 Å². The Balaban J connectivity index is 4.23. The van der Waals surface area contributed by atoms with E-state index >= 15 is 0 Å². The molecule has 0 aliphatic carbocycles. The van der Waals surface area contributed by atoms with Crippen LogP contribution in [0, 0.1) is 5.92 Å². The molecule has 9 nitrogen and oxygen atoms in total. The molecule has 0 spiro atoms. The molecule has 20 heavy (non-hydrogen) atoms. The van der Waals surface area contributed by atoms with Crippen molar-refractivity contribution >= 4 is 17.9 Å². The van der Waals surface area contributed by atoms with Crippen LogP contribution in [0.1, 0.15) is 13.8 Å². The molecule has 3 atom stereocenters. The van der Waals surface area contributed by atoms with E-state index in [0.29, 0.717) is 0 Å². The number of carbonyl (C=O) groups excluding carboxylic acids is 3. The number of carbonyl (C=O) groups is 3. The summed E-state index contributed by atoms with van der Waals surface area (Å²) in [5, 5.41) is 8.60. The van der Waals surface area contributed by atoms with E-state index in [1.807, 2.05) is 0 Å². The lowest BCUT2D eigenvalue weighted by Gasteiger charge is -2.16. The first kappa shape index (κ1) is 18.4. The molecular weight excluding hydrogens is 270 g/mol. The molecule has 0 saturated heterocycles. The van der Waals surface area contributed by atoms with E-state index in [2.05, 4.69) is 9.47 Å². The quantitative estimate of drug-likeness (QED) is 0.286. The standard InChI is InChI=1S/C11H21N3O6/c1-5(2)8(14)11(18)20-10(17)7(13)4-19-9(16)6(12)3-15/h5-8,15H,3-4,12-14H2,1-2H3/t6-,7-,8-/m0/s1. The lowest BCUT2D eigenvalue weighted by Crippen LogP contribution is -2.45. The van der Waals surface area contributed by atoms with Crippen molar-refractivity contribution in [3.05, 3.63) is 0 Å². The zero-order valence-corrected chi connectivity index (χ0v) is 11.4. The molecule has 0 aliphatic heterocycles. The van der Waals surface area contributed by atoms with Gasteiger partial charge < -0.3 is 31.8 Å². The van der Waals surface area contributed by atoms with Gasteiger partial charge in [-0.2, -0.15) is 0 Å². The maximum Gasteiger partial charge on any atom is 0.334 e. The van der Waals surface area contributed by atoms with Gasteiger partial charge in [-0.25, -0.2) is 9.59 Å². The maximum atomic E-state index is 11.4. The zero-order valence-electron chi connectivity index (χ0n) is 11.4. The van der Waals surface area contributed by atoms with Crippen LogP contribution in [0.3, 0.4) is 0 Å². The van der Waals surface area contributed by atoms with E-state index in [4.69, 9.17) is 22.3 Å². The minimum Gasteiger partial charge on any atom is -0.462 e. The fourth-order valence-corrected chi connectivity index (χ4v) is 0.937. The molecule has 0 heterocycles. The monoisotopic (exact) mass is 291 g/mol. The Morgan fingerprint density at radius 1 is 1.00 bits per heavy atom. The van der Waals surface area contributed by atoms with Crippen molar-refractivity contribution in [2.24, 2.45) is 23.1 Å². The topological polar surface area (TPSA) is 168 Å². The van der Waals surface area contributed by atoms with Crippen molar-refractivity contribution in [2.75, 3.05) is 13.2 Å². The molecule has 0 rings (SSSR count). The predicted molar refractivity (Wildman–Crippen MR) is 67.9 cm³/mol. The second-order valence-corrected chi connectivity index (χ2v) is 4.54. The maximum absolute atomic E-state index is 11.4. The number of rotatable bonds is 7. The van der Waals surface area contributed by atoms with Crippen LogP contribution >= 0.6 is 0 Å². The molecular formula is C11H21N3O6. The Kier molecular flexibility index (Phi) is 7.92. The van der Waals surface area contributed by atoms with Gasteiger partial charge in [0.15, 0.2) is 0 Å². The van der Waals surface area contributed by atoms with Crippen LogP contribution in [-0.4, -0.2) is 54.4 Å². The van der Waals surface area contributed by atoms with Crippen LogP contribution in [0.25, 0.3) is 0 Å². The van der Waals surface area contributed by atoms with E-state index in [1.165, 1.54) is 0 Å². The molecule has 0 unspecified atom stereocenters. The summed E-state index contributed by atoms with van der Waals surface area (Å²) >= 11 is 0. The molecule has 0 aromatic carbocycles. The highest BCUT2D eigenvalue weighted by atomic mass is 16.6. The van der Waals surface area contributed by atoms with Crippen LogP contribution in [0.5, 0.6) is 0 Å². The molecule has 0 radical (unpaired) electrons. The van der Waals surface area contributed by atoms with Gasteiger partial charge in [-0.15, -0.1) is 0 Å². The van der Waals surface area contributed by atoms with Gasteiger partial charge in [-0.3, -0.25) is 4.79 Å². The minimum absolute atomic E-state index is 0.202. The number of nitrogens with two attached hydrogens (primary N) is 3. The number of aliphatic hydroxyl groups is 1. The summed E-state index contributed by atoms with van der Waals surface area (Å²) in [6, 6.07) is -3.50. The van der Waals surface area contributed by atoms with E-state index < -0.39 is 49.2 Å². The summed E-state index contributed by atoms with van der Waals surface area (Å²) in [6.45, 7) is 2.26. The minimum atomic E-state index is -1.34. The third-order valence-corrected chi connectivity index (χ3v) is 2.40. The highest BCUT2D eigenvalue weighted by Crippen LogP contribution is 2.01. The van der Waals surface area contributed by atoms with Crippen LogP contribution < -0.4 is 17.2 Å². The molecule has 0 aliphatic rings. The van der Waals surface area contributed by atoms with Gasteiger partial charge >= 0.3 is 17.9 Å².